The van der Waals surface area contributed by atoms with Crippen LogP contribution in [0.5, 0.6) is 0 Å². The van der Waals surface area contributed by atoms with Crippen molar-refractivity contribution < 1.29 is 4.79 Å². The lowest BCUT2D eigenvalue weighted by Gasteiger charge is -2.21. The first-order chi connectivity index (χ1) is 8.72. The van der Waals surface area contributed by atoms with Crippen LogP contribution in [0.15, 0.2) is 24.3 Å². The van der Waals surface area contributed by atoms with E-state index in [2.05, 4.69) is 5.32 Å². The summed E-state index contributed by atoms with van der Waals surface area (Å²) in [4.78, 5) is 12.0. The van der Waals surface area contributed by atoms with E-state index in [1.807, 2.05) is 18.2 Å². The van der Waals surface area contributed by atoms with Crippen LogP contribution in [0.4, 0.5) is 5.69 Å². The number of amides is 1. The molecule has 0 heterocycles. The van der Waals surface area contributed by atoms with Crippen LogP contribution < -0.4 is 5.32 Å². The summed E-state index contributed by atoms with van der Waals surface area (Å²) in [5.74, 6) is 2.41. The molecule has 1 aromatic carbocycles. The highest BCUT2D eigenvalue weighted by atomic mass is 35.5. The van der Waals surface area contributed by atoms with Gasteiger partial charge in [0, 0.05) is 6.42 Å². The monoisotopic (exact) mass is 263 g/mol. The van der Waals surface area contributed by atoms with E-state index in [0.717, 1.165) is 17.5 Å². The Morgan fingerprint density at radius 3 is 2.78 bits per heavy atom. The molecule has 18 heavy (non-hydrogen) atoms. The van der Waals surface area contributed by atoms with Crippen LogP contribution in [0.3, 0.4) is 0 Å². The maximum Gasteiger partial charge on any atom is 0.224 e. The third-order valence-corrected chi connectivity index (χ3v) is 4.81. The molecule has 0 aromatic heterocycles. The standard InChI is InChI=1S/C15H18ClNO/c16-13-3-1-2-4-14(13)17-15(18)9-12-8-10-5-6-11(12)7-10/h1-4,10-12H,5-9H2,(H,17,18)/t10-,11+,12+/m0/s1. The molecule has 0 unspecified atom stereocenters. The minimum atomic E-state index is 0.112. The highest BCUT2D eigenvalue weighted by Gasteiger charge is 2.40. The molecule has 1 N–H and O–H groups in total. The molecule has 0 saturated heterocycles. The summed E-state index contributed by atoms with van der Waals surface area (Å²) >= 11 is 6.03. The lowest BCUT2D eigenvalue weighted by Crippen LogP contribution is -2.20. The fraction of sp³-hybridized carbons (Fsp3) is 0.533. The van der Waals surface area contributed by atoms with Crippen molar-refractivity contribution >= 4 is 23.2 Å². The third kappa shape index (κ3) is 2.39. The number of rotatable bonds is 3. The first-order valence-electron chi connectivity index (χ1n) is 6.77. The van der Waals surface area contributed by atoms with Gasteiger partial charge in [0.2, 0.25) is 5.91 Å². The van der Waals surface area contributed by atoms with Crippen molar-refractivity contribution in [2.45, 2.75) is 32.1 Å². The molecule has 2 fully saturated rings. The van der Waals surface area contributed by atoms with Crippen molar-refractivity contribution in [1.82, 2.24) is 0 Å². The highest BCUT2D eigenvalue weighted by molar-refractivity contribution is 6.33. The number of benzene rings is 1. The predicted octanol–water partition coefficient (Wildman–Crippen LogP) is 4.10. The molecule has 2 aliphatic rings. The lowest BCUT2D eigenvalue weighted by molar-refractivity contribution is -0.117. The fourth-order valence-electron chi connectivity index (χ4n) is 3.63. The van der Waals surface area contributed by atoms with E-state index in [1.54, 1.807) is 6.07 Å². The van der Waals surface area contributed by atoms with Crippen LogP contribution in [0.25, 0.3) is 0 Å². The molecule has 3 heteroatoms. The first kappa shape index (κ1) is 12.0. The molecule has 2 nitrogen and oxygen atoms in total. The van der Waals surface area contributed by atoms with Gasteiger partial charge in [0.1, 0.15) is 0 Å². The van der Waals surface area contributed by atoms with Gasteiger partial charge in [-0.3, -0.25) is 4.79 Å². The van der Waals surface area contributed by atoms with Gasteiger partial charge in [0.05, 0.1) is 10.7 Å². The average Bonchev–Trinajstić information content (AvgIpc) is 2.94. The second kappa shape index (κ2) is 4.93. The Bertz CT molecular complexity index is 460. The summed E-state index contributed by atoms with van der Waals surface area (Å²) in [7, 11) is 0. The highest BCUT2D eigenvalue weighted by Crippen LogP contribution is 2.49. The van der Waals surface area contributed by atoms with E-state index in [1.165, 1.54) is 25.7 Å². The second-order valence-electron chi connectivity index (χ2n) is 5.67. The van der Waals surface area contributed by atoms with E-state index < -0.39 is 0 Å². The normalized spacial score (nSPS) is 29.5. The molecule has 1 aromatic rings. The van der Waals surface area contributed by atoms with E-state index in [4.69, 9.17) is 11.6 Å². The number of anilines is 1. The maximum atomic E-state index is 12.0. The van der Waals surface area contributed by atoms with Gasteiger partial charge in [0.25, 0.3) is 0 Å². The minimum Gasteiger partial charge on any atom is -0.325 e. The van der Waals surface area contributed by atoms with E-state index in [9.17, 15) is 4.79 Å². The Morgan fingerprint density at radius 2 is 2.11 bits per heavy atom. The maximum absolute atomic E-state index is 12.0. The SMILES string of the molecule is O=C(C[C@H]1C[C@H]2CC[C@@H]1C2)Nc1ccccc1Cl. The number of carbonyl (C=O) groups excluding carboxylic acids is 1. The smallest absolute Gasteiger partial charge is 0.224 e. The van der Waals surface area contributed by atoms with Crippen molar-refractivity contribution in [3.05, 3.63) is 29.3 Å². The second-order valence-corrected chi connectivity index (χ2v) is 6.07. The van der Waals surface area contributed by atoms with Crippen molar-refractivity contribution in [3.63, 3.8) is 0 Å². The van der Waals surface area contributed by atoms with Gasteiger partial charge in [0.15, 0.2) is 0 Å². The molecule has 1 amide bonds. The van der Waals surface area contributed by atoms with Gasteiger partial charge in [-0.05, 0) is 49.1 Å². The molecule has 0 aliphatic heterocycles. The summed E-state index contributed by atoms with van der Waals surface area (Å²) < 4.78 is 0. The minimum absolute atomic E-state index is 0.112. The Kier molecular flexibility index (Phi) is 3.29. The van der Waals surface area contributed by atoms with Crippen LogP contribution in [-0.2, 0) is 4.79 Å². The fourth-order valence-corrected chi connectivity index (χ4v) is 3.81. The van der Waals surface area contributed by atoms with E-state index in [0.29, 0.717) is 17.4 Å². The number of nitrogens with one attached hydrogen (secondary N) is 1. The number of carbonyl (C=O) groups is 1. The van der Waals surface area contributed by atoms with Gasteiger partial charge in [-0.25, -0.2) is 0 Å². The van der Waals surface area contributed by atoms with Gasteiger partial charge < -0.3 is 5.32 Å². The molecule has 3 atom stereocenters. The molecular formula is C15H18ClNO. The van der Waals surface area contributed by atoms with Crippen LogP contribution in [0.2, 0.25) is 5.02 Å². The summed E-state index contributed by atoms with van der Waals surface area (Å²) in [6.07, 6.45) is 5.97. The van der Waals surface area contributed by atoms with Gasteiger partial charge >= 0.3 is 0 Å². The predicted molar refractivity (Wildman–Crippen MR) is 73.6 cm³/mol. The number of hydrogen-bond donors (Lipinski definition) is 1. The zero-order valence-corrected chi connectivity index (χ0v) is 11.1. The Labute approximate surface area is 113 Å². The van der Waals surface area contributed by atoms with Crippen LogP contribution in [0.1, 0.15) is 32.1 Å². The van der Waals surface area contributed by atoms with Gasteiger partial charge in [-0.2, -0.15) is 0 Å². The zero-order chi connectivity index (χ0) is 12.5. The molecule has 0 spiro atoms. The topological polar surface area (TPSA) is 29.1 Å². The molecule has 96 valence electrons. The van der Waals surface area contributed by atoms with Crippen LogP contribution >= 0.6 is 11.6 Å². The molecule has 2 aliphatic carbocycles. The molecule has 2 bridgehead atoms. The number of hydrogen-bond acceptors (Lipinski definition) is 1. The third-order valence-electron chi connectivity index (χ3n) is 4.48. The van der Waals surface area contributed by atoms with Crippen LogP contribution in [0, 0.1) is 17.8 Å². The summed E-state index contributed by atoms with van der Waals surface area (Å²) in [5, 5.41) is 3.54. The number of fused-ring (bicyclic) bond motifs is 2. The van der Waals surface area contributed by atoms with E-state index in [-0.39, 0.29) is 5.91 Å². The summed E-state index contributed by atoms with van der Waals surface area (Å²) in [5.41, 5.74) is 0.729. The average molecular weight is 264 g/mol. The van der Waals surface area contributed by atoms with E-state index >= 15 is 0 Å². The van der Waals surface area contributed by atoms with Gasteiger partial charge in [-0.15, -0.1) is 0 Å². The molecule has 0 radical (unpaired) electrons. The number of halogens is 1. The Hall–Kier alpha value is -1.02. The molecular weight excluding hydrogens is 246 g/mol. The largest absolute Gasteiger partial charge is 0.325 e. The molecule has 3 rings (SSSR count). The van der Waals surface area contributed by atoms with Gasteiger partial charge in [-0.1, -0.05) is 30.2 Å². The number of para-hydroxylation sites is 1. The lowest BCUT2D eigenvalue weighted by atomic mass is 9.86. The molecule has 2 saturated carbocycles. The van der Waals surface area contributed by atoms with Crippen LogP contribution in [-0.4, -0.2) is 5.91 Å². The first-order valence-corrected chi connectivity index (χ1v) is 7.14. The Balaban J connectivity index is 1.58. The van der Waals surface area contributed by atoms with Crippen molar-refractivity contribution in [2.24, 2.45) is 17.8 Å². The zero-order valence-electron chi connectivity index (χ0n) is 10.4. The quantitative estimate of drug-likeness (QED) is 0.874. The van der Waals surface area contributed by atoms with Crippen molar-refractivity contribution in [1.29, 1.82) is 0 Å². The summed E-state index contributed by atoms with van der Waals surface area (Å²) in [6, 6.07) is 7.41. The van der Waals surface area contributed by atoms with Crippen molar-refractivity contribution in [3.8, 4) is 0 Å². The summed E-state index contributed by atoms with van der Waals surface area (Å²) in [6.45, 7) is 0. The van der Waals surface area contributed by atoms with Crippen molar-refractivity contribution in [2.75, 3.05) is 5.32 Å². The Morgan fingerprint density at radius 1 is 1.28 bits per heavy atom.